The fraction of sp³-hybridized carbons (Fsp3) is 0.333. The normalized spacial score (nSPS) is 9.83. The van der Waals surface area contributed by atoms with Crippen molar-refractivity contribution in [3.8, 4) is 5.75 Å². The van der Waals surface area contributed by atoms with Crippen molar-refractivity contribution in [2.75, 3.05) is 18.6 Å². The number of hydrogen-bond donors (Lipinski definition) is 1. The summed E-state index contributed by atoms with van der Waals surface area (Å²) < 4.78 is 5.02. The number of methoxy groups -OCH3 is 1. The van der Waals surface area contributed by atoms with Crippen LogP contribution in [0.2, 0.25) is 0 Å². The fourth-order valence-corrected chi connectivity index (χ4v) is 1.78. The molecule has 0 saturated carbocycles. The highest BCUT2D eigenvalue weighted by Crippen LogP contribution is 2.10. The predicted molar refractivity (Wildman–Crippen MR) is 67.2 cm³/mol. The number of carboxylic acid groups (broad SMARTS) is 1. The van der Waals surface area contributed by atoms with Crippen LogP contribution in [-0.2, 0) is 16.1 Å². The van der Waals surface area contributed by atoms with Gasteiger partial charge in [-0.25, -0.2) is 0 Å². The van der Waals surface area contributed by atoms with Gasteiger partial charge in [-0.15, -0.1) is 11.8 Å². The summed E-state index contributed by atoms with van der Waals surface area (Å²) in [7, 11) is 1.59. The molecular formula is C12H14NO4S-. The first-order valence-electron chi connectivity index (χ1n) is 5.29. The first-order valence-corrected chi connectivity index (χ1v) is 6.44. The molecule has 0 spiro atoms. The zero-order valence-corrected chi connectivity index (χ0v) is 10.8. The molecule has 1 amide bonds. The van der Waals surface area contributed by atoms with E-state index in [-0.39, 0.29) is 17.4 Å². The van der Waals surface area contributed by atoms with E-state index in [1.807, 2.05) is 24.3 Å². The molecule has 0 saturated heterocycles. The number of benzene rings is 1. The van der Waals surface area contributed by atoms with Crippen molar-refractivity contribution < 1.29 is 19.4 Å². The number of aliphatic carboxylic acids is 1. The van der Waals surface area contributed by atoms with Crippen LogP contribution in [0.25, 0.3) is 0 Å². The van der Waals surface area contributed by atoms with Gasteiger partial charge in [0.05, 0.1) is 18.8 Å². The van der Waals surface area contributed by atoms with Gasteiger partial charge in [-0.3, -0.25) is 4.79 Å². The van der Waals surface area contributed by atoms with Gasteiger partial charge in [-0.05, 0) is 17.7 Å². The second-order valence-corrected chi connectivity index (χ2v) is 4.48. The highest BCUT2D eigenvalue weighted by molar-refractivity contribution is 8.00. The lowest BCUT2D eigenvalue weighted by molar-refractivity contribution is -0.301. The second-order valence-electron chi connectivity index (χ2n) is 3.49. The lowest BCUT2D eigenvalue weighted by atomic mass is 10.2. The molecule has 1 aromatic carbocycles. The van der Waals surface area contributed by atoms with Gasteiger partial charge < -0.3 is 20.0 Å². The summed E-state index contributed by atoms with van der Waals surface area (Å²) in [5, 5.41) is 12.8. The highest BCUT2D eigenvalue weighted by Gasteiger charge is 2.01. The smallest absolute Gasteiger partial charge is 0.230 e. The van der Waals surface area contributed by atoms with Gasteiger partial charge in [0.2, 0.25) is 5.91 Å². The third kappa shape index (κ3) is 5.58. The standard InChI is InChI=1S/C12H15NO4S/c1-17-10-4-2-9(3-5-10)6-13-11(14)7-18-8-12(15)16/h2-5H,6-8H2,1H3,(H,13,14)(H,15,16)/p-1. The first-order chi connectivity index (χ1) is 8.61. The van der Waals surface area contributed by atoms with Crippen LogP contribution < -0.4 is 15.2 Å². The zero-order valence-electron chi connectivity index (χ0n) is 9.97. The third-order valence-electron chi connectivity index (χ3n) is 2.10. The lowest BCUT2D eigenvalue weighted by Gasteiger charge is -2.06. The molecule has 0 aromatic heterocycles. The Labute approximate surface area is 110 Å². The van der Waals surface area contributed by atoms with Crippen LogP contribution >= 0.6 is 11.8 Å². The third-order valence-corrected chi connectivity index (χ3v) is 3.01. The van der Waals surface area contributed by atoms with E-state index >= 15 is 0 Å². The van der Waals surface area contributed by atoms with E-state index in [9.17, 15) is 14.7 Å². The summed E-state index contributed by atoms with van der Waals surface area (Å²) in [4.78, 5) is 21.5. The van der Waals surface area contributed by atoms with E-state index in [0.717, 1.165) is 23.1 Å². The molecular weight excluding hydrogens is 254 g/mol. The van der Waals surface area contributed by atoms with Crippen LogP contribution in [0.15, 0.2) is 24.3 Å². The summed E-state index contributed by atoms with van der Waals surface area (Å²) in [6.07, 6.45) is 0. The number of rotatable bonds is 7. The molecule has 0 bridgehead atoms. The van der Waals surface area contributed by atoms with E-state index in [4.69, 9.17) is 4.74 Å². The molecule has 5 nitrogen and oxygen atoms in total. The molecule has 0 heterocycles. The van der Waals surface area contributed by atoms with Gasteiger partial charge in [0.1, 0.15) is 5.75 Å². The average Bonchev–Trinajstić information content (AvgIpc) is 2.36. The Kier molecular flexibility index (Phi) is 6.07. The summed E-state index contributed by atoms with van der Waals surface area (Å²) >= 11 is 1.02. The van der Waals surface area contributed by atoms with E-state index < -0.39 is 5.97 Å². The average molecular weight is 268 g/mol. The summed E-state index contributed by atoms with van der Waals surface area (Å²) in [6, 6.07) is 7.33. The topological polar surface area (TPSA) is 78.5 Å². The number of nitrogens with one attached hydrogen (secondary N) is 1. The molecule has 1 N–H and O–H groups in total. The van der Waals surface area contributed by atoms with Crippen LogP contribution in [0.4, 0.5) is 0 Å². The van der Waals surface area contributed by atoms with Gasteiger partial charge in [0, 0.05) is 12.3 Å². The minimum absolute atomic E-state index is 0.115. The molecule has 6 heteroatoms. The Morgan fingerprint density at radius 1 is 1.28 bits per heavy atom. The zero-order chi connectivity index (χ0) is 13.4. The summed E-state index contributed by atoms with van der Waals surface area (Å²) in [6.45, 7) is 0.411. The molecule has 1 rings (SSSR count). The van der Waals surface area contributed by atoms with Crippen molar-refractivity contribution in [2.45, 2.75) is 6.54 Å². The second kappa shape index (κ2) is 7.60. The van der Waals surface area contributed by atoms with Crippen molar-refractivity contribution in [3.05, 3.63) is 29.8 Å². The fourth-order valence-electron chi connectivity index (χ4n) is 1.22. The van der Waals surface area contributed by atoms with E-state index in [1.54, 1.807) is 7.11 Å². The lowest BCUT2D eigenvalue weighted by Crippen LogP contribution is -2.28. The number of ether oxygens (including phenoxy) is 1. The Hall–Kier alpha value is -1.69. The number of carbonyl (C=O) groups is 2. The molecule has 0 atom stereocenters. The molecule has 0 radical (unpaired) electrons. The van der Waals surface area contributed by atoms with Crippen molar-refractivity contribution in [1.29, 1.82) is 0 Å². The van der Waals surface area contributed by atoms with E-state index in [2.05, 4.69) is 5.32 Å². The quantitative estimate of drug-likeness (QED) is 0.740. The van der Waals surface area contributed by atoms with Crippen LogP contribution in [0.5, 0.6) is 5.75 Å². The van der Waals surface area contributed by atoms with Gasteiger partial charge in [-0.2, -0.15) is 0 Å². The van der Waals surface area contributed by atoms with Crippen LogP contribution in [0.1, 0.15) is 5.56 Å². The molecule has 0 unspecified atom stereocenters. The molecule has 98 valence electrons. The maximum Gasteiger partial charge on any atom is 0.230 e. The number of carbonyl (C=O) groups excluding carboxylic acids is 2. The van der Waals surface area contributed by atoms with E-state index in [0.29, 0.717) is 6.54 Å². The molecule has 0 aliphatic rings. The summed E-state index contributed by atoms with van der Waals surface area (Å²) in [5.41, 5.74) is 0.953. The Morgan fingerprint density at radius 2 is 1.94 bits per heavy atom. The minimum atomic E-state index is -1.16. The van der Waals surface area contributed by atoms with Gasteiger partial charge >= 0.3 is 0 Å². The van der Waals surface area contributed by atoms with Crippen LogP contribution in [-0.4, -0.2) is 30.5 Å². The first kappa shape index (κ1) is 14.4. The molecule has 0 aliphatic heterocycles. The van der Waals surface area contributed by atoms with Gasteiger partial charge in [0.15, 0.2) is 0 Å². The van der Waals surface area contributed by atoms with Crippen molar-refractivity contribution in [1.82, 2.24) is 5.32 Å². The Morgan fingerprint density at radius 3 is 2.50 bits per heavy atom. The van der Waals surface area contributed by atoms with Crippen molar-refractivity contribution in [3.63, 3.8) is 0 Å². The Balaban J connectivity index is 2.26. The molecule has 0 aliphatic carbocycles. The molecule has 1 aromatic rings. The Bertz CT molecular complexity index is 405. The maximum atomic E-state index is 11.4. The van der Waals surface area contributed by atoms with Gasteiger partial charge in [0.25, 0.3) is 0 Å². The van der Waals surface area contributed by atoms with Crippen LogP contribution in [0.3, 0.4) is 0 Å². The largest absolute Gasteiger partial charge is 0.549 e. The monoisotopic (exact) mass is 268 g/mol. The van der Waals surface area contributed by atoms with Gasteiger partial charge in [-0.1, -0.05) is 12.1 Å². The minimum Gasteiger partial charge on any atom is -0.549 e. The number of thioether (sulfide) groups is 1. The molecule has 18 heavy (non-hydrogen) atoms. The van der Waals surface area contributed by atoms with Crippen molar-refractivity contribution >= 4 is 23.6 Å². The van der Waals surface area contributed by atoms with Crippen LogP contribution in [0, 0.1) is 0 Å². The van der Waals surface area contributed by atoms with Crippen molar-refractivity contribution in [2.24, 2.45) is 0 Å². The molecule has 0 fully saturated rings. The predicted octanol–water partition coefficient (Wildman–Crippen LogP) is -0.206. The SMILES string of the molecule is COc1ccc(CNC(=O)CSCC(=O)[O-])cc1. The number of carboxylic acids is 1. The summed E-state index contributed by atoms with van der Waals surface area (Å²) in [5.74, 6) is -0.658. The highest BCUT2D eigenvalue weighted by atomic mass is 32.2. The maximum absolute atomic E-state index is 11.4. The number of hydrogen-bond acceptors (Lipinski definition) is 5. The number of amides is 1. The van der Waals surface area contributed by atoms with E-state index in [1.165, 1.54) is 0 Å².